The van der Waals surface area contributed by atoms with Crippen molar-refractivity contribution in [3.63, 3.8) is 0 Å². The number of hydrogen-bond acceptors (Lipinski definition) is 2. The standard InChI is InChI=1S/C13H18BrFN2/c1-9-7-16-13(2,3)8-17(9)12-6-10(15)4-5-11(12)14/h4-6,9,16H,7-8H2,1-3H3. The largest absolute Gasteiger partial charge is 0.365 e. The number of halogens is 2. The summed E-state index contributed by atoms with van der Waals surface area (Å²) < 4.78 is 14.3. The zero-order valence-electron chi connectivity index (χ0n) is 10.4. The van der Waals surface area contributed by atoms with E-state index in [1.807, 2.05) is 0 Å². The van der Waals surface area contributed by atoms with Gasteiger partial charge in [-0.2, -0.15) is 0 Å². The molecule has 1 heterocycles. The van der Waals surface area contributed by atoms with Crippen LogP contribution >= 0.6 is 15.9 Å². The van der Waals surface area contributed by atoms with E-state index in [1.165, 1.54) is 6.07 Å². The molecule has 2 rings (SSSR count). The maximum atomic E-state index is 13.4. The van der Waals surface area contributed by atoms with Crippen LogP contribution in [0, 0.1) is 5.82 Å². The van der Waals surface area contributed by atoms with E-state index in [4.69, 9.17) is 0 Å². The maximum absolute atomic E-state index is 13.4. The summed E-state index contributed by atoms with van der Waals surface area (Å²) in [4.78, 5) is 2.25. The predicted octanol–water partition coefficient (Wildman–Crippen LogP) is 3.16. The lowest BCUT2D eigenvalue weighted by atomic mass is 9.98. The van der Waals surface area contributed by atoms with E-state index < -0.39 is 0 Å². The molecule has 0 aliphatic carbocycles. The van der Waals surface area contributed by atoms with E-state index in [-0.39, 0.29) is 11.4 Å². The van der Waals surface area contributed by atoms with E-state index in [1.54, 1.807) is 12.1 Å². The molecule has 1 aliphatic rings. The van der Waals surface area contributed by atoms with Crippen LogP contribution in [-0.2, 0) is 0 Å². The lowest BCUT2D eigenvalue weighted by Crippen LogP contribution is -2.61. The van der Waals surface area contributed by atoms with Crippen LogP contribution in [0.15, 0.2) is 22.7 Å². The van der Waals surface area contributed by atoms with Crippen LogP contribution in [-0.4, -0.2) is 24.7 Å². The van der Waals surface area contributed by atoms with Gasteiger partial charge in [0.15, 0.2) is 0 Å². The summed E-state index contributed by atoms with van der Waals surface area (Å²) in [6.07, 6.45) is 0. The zero-order chi connectivity index (χ0) is 12.6. The molecule has 0 spiro atoms. The average Bonchev–Trinajstić information content (AvgIpc) is 2.25. The minimum atomic E-state index is -0.188. The molecule has 1 aromatic rings. The lowest BCUT2D eigenvalue weighted by molar-refractivity contribution is 0.318. The first-order valence-electron chi connectivity index (χ1n) is 5.86. The van der Waals surface area contributed by atoms with Crippen LogP contribution in [0.4, 0.5) is 10.1 Å². The van der Waals surface area contributed by atoms with Crippen molar-refractivity contribution in [1.82, 2.24) is 5.32 Å². The summed E-state index contributed by atoms with van der Waals surface area (Å²) >= 11 is 3.50. The first kappa shape index (κ1) is 12.8. The summed E-state index contributed by atoms with van der Waals surface area (Å²) in [5, 5.41) is 3.49. The summed E-state index contributed by atoms with van der Waals surface area (Å²) in [5.41, 5.74) is 0.991. The Morgan fingerprint density at radius 1 is 1.47 bits per heavy atom. The number of piperazine rings is 1. The first-order valence-corrected chi connectivity index (χ1v) is 6.65. The molecule has 1 aliphatic heterocycles. The van der Waals surface area contributed by atoms with Gasteiger partial charge < -0.3 is 10.2 Å². The van der Waals surface area contributed by atoms with Gasteiger partial charge in [0.1, 0.15) is 5.82 Å². The Hall–Kier alpha value is -0.610. The van der Waals surface area contributed by atoms with Crippen molar-refractivity contribution >= 4 is 21.6 Å². The molecule has 0 radical (unpaired) electrons. The van der Waals surface area contributed by atoms with Crippen molar-refractivity contribution < 1.29 is 4.39 Å². The highest BCUT2D eigenvalue weighted by atomic mass is 79.9. The molecule has 2 nitrogen and oxygen atoms in total. The Balaban J connectivity index is 2.34. The smallest absolute Gasteiger partial charge is 0.125 e. The van der Waals surface area contributed by atoms with Gasteiger partial charge in [0.05, 0.1) is 5.69 Å². The van der Waals surface area contributed by atoms with Gasteiger partial charge >= 0.3 is 0 Å². The lowest BCUT2D eigenvalue weighted by Gasteiger charge is -2.45. The first-order chi connectivity index (χ1) is 7.89. The van der Waals surface area contributed by atoms with Crippen LogP contribution in [0.1, 0.15) is 20.8 Å². The number of anilines is 1. The van der Waals surface area contributed by atoms with Crippen molar-refractivity contribution in [1.29, 1.82) is 0 Å². The molecule has 1 saturated heterocycles. The monoisotopic (exact) mass is 300 g/mol. The SMILES string of the molecule is CC1CNC(C)(C)CN1c1cc(F)ccc1Br. The molecular weight excluding hydrogens is 283 g/mol. The molecule has 1 N–H and O–H groups in total. The molecule has 1 aromatic carbocycles. The van der Waals surface area contributed by atoms with Crippen LogP contribution in [0.3, 0.4) is 0 Å². The van der Waals surface area contributed by atoms with Gasteiger partial charge in [0.25, 0.3) is 0 Å². The summed E-state index contributed by atoms with van der Waals surface area (Å²) in [6.45, 7) is 8.27. The van der Waals surface area contributed by atoms with Gasteiger partial charge in [-0.25, -0.2) is 4.39 Å². The number of rotatable bonds is 1. The number of hydrogen-bond donors (Lipinski definition) is 1. The fourth-order valence-electron chi connectivity index (χ4n) is 2.20. The molecule has 1 fully saturated rings. The number of nitrogens with one attached hydrogen (secondary N) is 1. The van der Waals surface area contributed by atoms with Crippen LogP contribution in [0.2, 0.25) is 0 Å². The van der Waals surface area contributed by atoms with Gasteiger partial charge in [-0.05, 0) is 54.9 Å². The molecule has 0 saturated carbocycles. The highest BCUT2D eigenvalue weighted by molar-refractivity contribution is 9.10. The molecule has 0 bridgehead atoms. The molecule has 17 heavy (non-hydrogen) atoms. The molecule has 1 atom stereocenters. The summed E-state index contributed by atoms with van der Waals surface area (Å²) in [7, 11) is 0. The van der Waals surface area contributed by atoms with Crippen molar-refractivity contribution in [2.45, 2.75) is 32.4 Å². The number of benzene rings is 1. The Morgan fingerprint density at radius 2 is 2.18 bits per heavy atom. The molecule has 0 aromatic heterocycles. The van der Waals surface area contributed by atoms with E-state index in [0.717, 1.165) is 23.2 Å². The fraction of sp³-hybridized carbons (Fsp3) is 0.538. The predicted molar refractivity (Wildman–Crippen MR) is 73.0 cm³/mol. The van der Waals surface area contributed by atoms with E-state index in [0.29, 0.717) is 6.04 Å². The van der Waals surface area contributed by atoms with Gasteiger partial charge in [0, 0.05) is 29.1 Å². The second-order valence-electron chi connectivity index (χ2n) is 5.34. The molecule has 4 heteroatoms. The number of nitrogens with zero attached hydrogens (tertiary/aromatic N) is 1. The molecular formula is C13H18BrFN2. The Bertz CT molecular complexity index is 420. The van der Waals surface area contributed by atoms with Crippen LogP contribution in [0.5, 0.6) is 0 Å². The second-order valence-corrected chi connectivity index (χ2v) is 6.19. The fourth-order valence-corrected chi connectivity index (χ4v) is 2.67. The highest BCUT2D eigenvalue weighted by Gasteiger charge is 2.31. The van der Waals surface area contributed by atoms with Crippen molar-refractivity contribution in [3.8, 4) is 0 Å². The van der Waals surface area contributed by atoms with Crippen molar-refractivity contribution in [3.05, 3.63) is 28.5 Å². The molecule has 1 unspecified atom stereocenters. The Labute approximate surface area is 110 Å². The normalized spacial score (nSPS) is 23.8. The third-order valence-corrected chi connectivity index (χ3v) is 3.86. The minimum absolute atomic E-state index is 0.0538. The summed E-state index contributed by atoms with van der Waals surface area (Å²) in [5.74, 6) is -0.188. The molecule has 0 amide bonds. The molecule has 94 valence electrons. The third kappa shape index (κ3) is 2.80. The zero-order valence-corrected chi connectivity index (χ0v) is 12.0. The quantitative estimate of drug-likeness (QED) is 0.857. The van der Waals surface area contributed by atoms with Crippen LogP contribution in [0.25, 0.3) is 0 Å². The maximum Gasteiger partial charge on any atom is 0.125 e. The highest BCUT2D eigenvalue weighted by Crippen LogP contribution is 2.31. The van der Waals surface area contributed by atoms with Crippen molar-refractivity contribution in [2.75, 3.05) is 18.0 Å². The summed E-state index contributed by atoms with van der Waals surface area (Å²) in [6, 6.07) is 5.21. The van der Waals surface area contributed by atoms with Gasteiger partial charge in [-0.15, -0.1) is 0 Å². The van der Waals surface area contributed by atoms with Gasteiger partial charge in [-0.3, -0.25) is 0 Å². The van der Waals surface area contributed by atoms with E-state index in [2.05, 4.69) is 46.9 Å². The van der Waals surface area contributed by atoms with Crippen molar-refractivity contribution in [2.24, 2.45) is 0 Å². The Morgan fingerprint density at radius 3 is 2.88 bits per heavy atom. The minimum Gasteiger partial charge on any atom is -0.365 e. The third-order valence-electron chi connectivity index (χ3n) is 3.19. The second kappa shape index (κ2) is 4.58. The topological polar surface area (TPSA) is 15.3 Å². The van der Waals surface area contributed by atoms with Gasteiger partial charge in [-0.1, -0.05) is 0 Å². The Kier molecular flexibility index (Phi) is 3.46. The van der Waals surface area contributed by atoms with E-state index >= 15 is 0 Å². The van der Waals surface area contributed by atoms with Gasteiger partial charge in [0.2, 0.25) is 0 Å². The van der Waals surface area contributed by atoms with Crippen LogP contribution < -0.4 is 10.2 Å². The van der Waals surface area contributed by atoms with E-state index in [9.17, 15) is 4.39 Å². The average molecular weight is 301 g/mol.